The maximum absolute atomic E-state index is 12.5. The Labute approximate surface area is 170 Å². The summed E-state index contributed by atoms with van der Waals surface area (Å²) >= 11 is 0. The number of amides is 2. The number of aryl methyl sites for hydroxylation is 1. The van der Waals surface area contributed by atoms with Crippen LogP contribution >= 0.6 is 0 Å². The minimum atomic E-state index is -0.240. The van der Waals surface area contributed by atoms with Crippen LogP contribution in [0.5, 0.6) is 5.75 Å². The lowest BCUT2D eigenvalue weighted by molar-refractivity contribution is 0.101. The molecule has 5 nitrogen and oxygen atoms in total. The quantitative estimate of drug-likeness (QED) is 0.609. The molecule has 3 aromatic rings. The standard InChI is InChI=1S/C24H24N2O3/c1-4-29-21-14-12-20(13-15-21)25-23(27)18-8-10-19(11-9-18)24(28)26-22-7-5-6-16(2)17(22)3/h5-15H,4H2,1-3H3,(H,25,27)(H,26,28). The van der Waals surface area contributed by atoms with Crippen molar-refractivity contribution in [3.05, 3.63) is 89.0 Å². The Morgan fingerprint density at radius 1 is 0.793 bits per heavy atom. The monoisotopic (exact) mass is 388 g/mol. The lowest BCUT2D eigenvalue weighted by Gasteiger charge is -2.11. The molecule has 0 spiro atoms. The highest BCUT2D eigenvalue weighted by Crippen LogP contribution is 2.20. The molecular formula is C24H24N2O3. The molecule has 0 saturated carbocycles. The Morgan fingerprint density at radius 2 is 1.38 bits per heavy atom. The fourth-order valence-corrected chi connectivity index (χ4v) is 2.86. The normalized spacial score (nSPS) is 10.3. The maximum Gasteiger partial charge on any atom is 0.255 e. The van der Waals surface area contributed by atoms with Gasteiger partial charge in [-0.15, -0.1) is 0 Å². The first-order valence-corrected chi connectivity index (χ1v) is 9.49. The average Bonchev–Trinajstić information content (AvgIpc) is 2.73. The summed E-state index contributed by atoms with van der Waals surface area (Å²) in [6, 6.07) is 19.5. The van der Waals surface area contributed by atoms with E-state index in [0.29, 0.717) is 23.4 Å². The van der Waals surface area contributed by atoms with Gasteiger partial charge in [0.05, 0.1) is 6.61 Å². The highest BCUT2D eigenvalue weighted by Gasteiger charge is 2.11. The molecule has 2 amide bonds. The first-order chi connectivity index (χ1) is 14.0. The van der Waals surface area contributed by atoms with Crippen molar-refractivity contribution < 1.29 is 14.3 Å². The van der Waals surface area contributed by atoms with Gasteiger partial charge in [-0.1, -0.05) is 12.1 Å². The second kappa shape index (κ2) is 9.06. The van der Waals surface area contributed by atoms with Gasteiger partial charge in [0.1, 0.15) is 5.75 Å². The Bertz CT molecular complexity index is 1010. The zero-order valence-corrected chi connectivity index (χ0v) is 16.8. The molecule has 0 heterocycles. The first kappa shape index (κ1) is 20.1. The van der Waals surface area contributed by atoms with Crippen LogP contribution in [0.3, 0.4) is 0 Å². The second-order valence-corrected chi connectivity index (χ2v) is 6.69. The van der Waals surface area contributed by atoms with Crippen LogP contribution in [-0.2, 0) is 0 Å². The van der Waals surface area contributed by atoms with Crippen molar-refractivity contribution in [3.8, 4) is 5.75 Å². The summed E-state index contributed by atoms with van der Waals surface area (Å²) < 4.78 is 5.39. The highest BCUT2D eigenvalue weighted by molar-refractivity contribution is 6.07. The Balaban J connectivity index is 1.65. The van der Waals surface area contributed by atoms with Gasteiger partial charge in [0.2, 0.25) is 0 Å². The molecule has 2 N–H and O–H groups in total. The van der Waals surface area contributed by atoms with Crippen molar-refractivity contribution in [3.63, 3.8) is 0 Å². The lowest BCUT2D eigenvalue weighted by Crippen LogP contribution is -2.15. The van der Waals surface area contributed by atoms with Gasteiger partial charge in [-0.05, 0) is 86.5 Å². The number of nitrogens with one attached hydrogen (secondary N) is 2. The summed E-state index contributed by atoms with van der Waals surface area (Å²) in [6.45, 7) is 6.48. The molecule has 3 aromatic carbocycles. The van der Waals surface area contributed by atoms with Gasteiger partial charge in [0.15, 0.2) is 0 Å². The van der Waals surface area contributed by atoms with E-state index in [2.05, 4.69) is 10.6 Å². The van der Waals surface area contributed by atoms with Crippen LogP contribution in [0.15, 0.2) is 66.7 Å². The van der Waals surface area contributed by atoms with Gasteiger partial charge in [-0.3, -0.25) is 9.59 Å². The van der Waals surface area contributed by atoms with Crippen molar-refractivity contribution in [2.24, 2.45) is 0 Å². The molecule has 0 aliphatic carbocycles. The molecular weight excluding hydrogens is 364 g/mol. The van der Waals surface area contributed by atoms with Gasteiger partial charge in [0.25, 0.3) is 11.8 Å². The molecule has 29 heavy (non-hydrogen) atoms. The second-order valence-electron chi connectivity index (χ2n) is 6.69. The first-order valence-electron chi connectivity index (χ1n) is 9.49. The van der Waals surface area contributed by atoms with Crippen molar-refractivity contribution in [2.75, 3.05) is 17.2 Å². The zero-order chi connectivity index (χ0) is 20.8. The number of hydrogen-bond donors (Lipinski definition) is 2. The predicted molar refractivity (Wildman–Crippen MR) is 116 cm³/mol. The fraction of sp³-hybridized carbons (Fsp3) is 0.167. The highest BCUT2D eigenvalue weighted by atomic mass is 16.5. The maximum atomic E-state index is 12.5. The Kier molecular flexibility index (Phi) is 6.29. The van der Waals surface area contributed by atoms with Gasteiger partial charge < -0.3 is 15.4 Å². The van der Waals surface area contributed by atoms with Crippen LogP contribution in [0.1, 0.15) is 38.8 Å². The molecule has 0 aromatic heterocycles. The van der Waals surface area contributed by atoms with Gasteiger partial charge in [-0.25, -0.2) is 0 Å². The third-order valence-electron chi connectivity index (χ3n) is 4.69. The Morgan fingerprint density at radius 3 is 1.97 bits per heavy atom. The van der Waals surface area contributed by atoms with Crippen LogP contribution in [0.25, 0.3) is 0 Å². The number of carbonyl (C=O) groups excluding carboxylic acids is 2. The van der Waals surface area contributed by atoms with E-state index in [1.165, 1.54) is 0 Å². The number of anilines is 2. The van der Waals surface area contributed by atoms with Crippen molar-refractivity contribution in [1.29, 1.82) is 0 Å². The smallest absolute Gasteiger partial charge is 0.255 e. The fourth-order valence-electron chi connectivity index (χ4n) is 2.86. The van der Waals surface area contributed by atoms with E-state index in [1.54, 1.807) is 48.5 Å². The van der Waals surface area contributed by atoms with Crippen LogP contribution in [0.4, 0.5) is 11.4 Å². The molecule has 0 unspecified atom stereocenters. The zero-order valence-electron chi connectivity index (χ0n) is 16.8. The lowest BCUT2D eigenvalue weighted by atomic mass is 10.1. The summed E-state index contributed by atoms with van der Waals surface area (Å²) in [6.07, 6.45) is 0. The molecule has 5 heteroatoms. The summed E-state index contributed by atoms with van der Waals surface area (Å²) in [5.41, 5.74) is 4.57. The number of carbonyl (C=O) groups is 2. The number of benzene rings is 3. The summed E-state index contributed by atoms with van der Waals surface area (Å²) in [4.78, 5) is 24.9. The molecule has 0 atom stereocenters. The molecule has 0 radical (unpaired) electrons. The van der Waals surface area contributed by atoms with E-state index in [4.69, 9.17) is 4.74 Å². The summed E-state index contributed by atoms with van der Waals surface area (Å²) in [5, 5.41) is 5.75. The van der Waals surface area contributed by atoms with Crippen molar-refractivity contribution in [1.82, 2.24) is 0 Å². The van der Waals surface area contributed by atoms with Crippen LogP contribution in [0.2, 0.25) is 0 Å². The van der Waals surface area contributed by atoms with Gasteiger partial charge >= 0.3 is 0 Å². The molecule has 0 bridgehead atoms. The van der Waals surface area contributed by atoms with E-state index >= 15 is 0 Å². The third-order valence-corrected chi connectivity index (χ3v) is 4.69. The van der Waals surface area contributed by atoms with Crippen LogP contribution in [-0.4, -0.2) is 18.4 Å². The van der Waals surface area contributed by atoms with E-state index in [9.17, 15) is 9.59 Å². The topological polar surface area (TPSA) is 67.4 Å². The van der Waals surface area contributed by atoms with E-state index in [-0.39, 0.29) is 11.8 Å². The molecule has 3 rings (SSSR count). The molecule has 148 valence electrons. The summed E-state index contributed by atoms with van der Waals surface area (Å²) in [7, 11) is 0. The SMILES string of the molecule is CCOc1ccc(NC(=O)c2ccc(C(=O)Nc3cccc(C)c3C)cc2)cc1. The Hall–Kier alpha value is -3.60. The summed E-state index contributed by atoms with van der Waals surface area (Å²) in [5.74, 6) is 0.303. The predicted octanol–water partition coefficient (Wildman–Crippen LogP) is 5.21. The third kappa shape index (κ3) is 5.02. The van der Waals surface area contributed by atoms with Crippen LogP contribution < -0.4 is 15.4 Å². The van der Waals surface area contributed by atoms with E-state index in [1.807, 2.05) is 39.0 Å². The largest absolute Gasteiger partial charge is 0.494 e. The van der Waals surface area contributed by atoms with Crippen molar-refractivity contribution in [2.45, 2.75) is 20.8 Å². The number of ether oxygens (including phenoxy) is 1. The van der Waals surface area contributed by atoms with E-state index in [0.717, 1.165) is 22.6 Å². The van der Waals surface area contributed by atoms with Gasteiger partial charge in [-0.2, -0.15) is 0 Å². The van der Waals surface area contributed by atoms with Gasteiger partial charge in [0, 0.05) is 22.5 Å². The minimum Gasteiger partial charge on any atom is -0.494 e. The molecule has 0 saturated heterocycles. The molecule has 0 aliphatic heterocycles. The van der Waals surface area contributed by atoms with E-state index < -0.39 is 0 Å². The van der Waals surface area contributed by atoms with Crippen LogP contribution in [0, 0.1) is 13.8 Å². The molecule has 0 aliphatic rings. The average molecular weight is 388 g/mol. The van der Waals surface area contributed by atoms with Crippen molar-refractivity contribution >= 4 is 23.2 Å². The minimum absolute atomic E-state index is 0.211. The number of rotatable bonds is 6. The number of hydrogen-bond acceptors (Lipinski definition) is 3. The molecule has 0 fully saturated rings.